The van der Waals surface area contributed by atoms with Gasteiger partial charge in [-0.25, -0.2) is 0 Å². The Morgan fingerprint density at radius 1 is 1.47 bits per heavy atom. The second-order valence-corrected chi connectivity index (χ2v) is 4.72. The van der Waals surface area contributed by atoms with E-state index >= 15 is 0 Å². The van der Waals surface area contributed by atoms with Gasteiger partial charge in [-0.1, -0.05) is 0 Å². The van der Waals surface area contributed by atoms with Gasteiger partial charge in [-0.3, -0.25) is 4.68 Å². The third-order valence-corrected chi connectivity index (χ3v) is 3.45. The van der Waals surface area contributed by atoms with Gasteiger partial charge in [-0.2, -0.15) is 5.10 Å². The molecule has 1 saturated heterocycles. The molecule has 1 N–H and O–H groups in total. The second kappa shape index (κ2) is 3.52. The highest BCUT2D eigenvalue weighted by molar-refractivity contribution is 5.43. The molecule has 0 radical (unpaired) electrons. The van der Waals surface area contributed by atoms with Gasteiger partial charge in [0.15, 0.2) is 0 Å². The van der Waals surface area contributed by atoms with Crippen LogP contribution in [-0.4, -0.2) is 35.5 Å². The average Bonchev–Trinajstić information content (AvgIpc) is 3.02. The summed E-state index contributed by atoms with van der Waals surface area (Å²) in [6.07, 6.45) is 6.90. The first-order valence-electron chi connectivity index (χ1n) is 5.80. The zero-order chi connectivity index (χ0) is 10.3. The van der Waals surface area contributed by atoms with E-state index in [1.54, 1.807) is 0 Å². The summed E-state index contributed by atoms with van der Waals surface area (Å²) in [6, 6.07) is 0.707. The van der Waals surface area contributed by atoms with Crippen LogP contribution >= 0.6 is 0 Å². The predicted molar refractivity (Wildman–Crippen MR) is 59.9 cm³/mol. The van der Waals surface area contributed by atoms with Crippen molar-refractivity contribution in [2.75, 3.05) is 24.5 Å². The van der Waals surface area contributed by atoms with Gasteiger partial charge in [-0.15, -0.1) is 0 Å². The van der Waals surface area contributed by atoms with Crippen LogP contribution in [0, 0.1) is 5.92 Å². The normalized spacial score (nSPS) is 27.0. The molecule has 15 heavy (non-hydrogen) atoms. The summed E-state index contributed by atoms with van der Waals surface area (Å²) >= 11 is 0. The SMILES string of the molecule is Cn1cc(N2CCNC(C3CC3)C2)cn1. The lowest BCUT2D eigenvalue weighted by Crippen LogP contribution is -2.51. The first kappa shape index (κ1) is 9.21. The van der Waals surface area contributed by atoms with E-state index in [4.69, 9.17) is 0 Å². The van der Waals surface area contributed by atoms with E-state index < -0.39 is 0 Å². The fourth-order valence-electron chi connectivity index (χ4n) is 2.40. The molecular formula is C11H18N4. The number of aryl methyl sites for hydroxylation is 1. The summed E-state index contributed by atoms with van der Waals surface area (Å²) in [5.74, 6) is 0.935. The third kappa shape index (κ3) is 1.86. The number of piperazine rings is 1. The molecule has 1 unspecified atom stereocenters. The topological polar surface area (TPSA) is 33.1 Å². The van der Waals surface area contributed by atoms with E-state index in [9.17, 15) is 0 Å². The third-order valence-electron chi connectivity index (χ3n) is 3.45. The highest BCUT2D eigenvalue weighted by atomic mass is 15.3. The van der Waals surface area contributed by atoms with Gasteiger partial charge in [0.1, 0.15) is 0 Å². The Kier molecular flexibility index (Phi) is 2.16. The molecule has 2 heterocycles. The molecular weight excluding hydrogens is 188 g/mol. The van der Waals surface area contributed by atoms with Crippen molar-refractivity contribution in [3.8, 4) is 0 Å². The van der Waals surface area contributed by atoms with Crippen molar-refractivity contribution in [1.82, 2.24) is 15.1 Å². The van der Waals surface area contributed by atoms with Crippen molar-refractivity contribution in [2.24, 2.45) is 13.0 Å². The minimum atomic E-state index is 0.707. The Labute approximate surface area is 90.3 Å². The number of anilines is 1. The van der Waals surface area contributed by atoms with Crippen molar-refractivity contribution in [3.05, 3.63) is 12.4 Å². The molecule has 1 aromatic rings. The van der Waals surface area contributed by atoms with Gasteiger partial charge in [-0.05, 0) is 18.8 Å². The second-order valence-electron chi connectivity index (χ2n) is 4.72. The van der Waals surface area contributed by atoms with Crippen LogP contribution in [0.5, 0.6) is 0 Å². The molecule has 1 aliphatic heterocycles. The summed E-state index contributed by atoms with van der Waals surface area (Å²) in [5.41, 5.74) is 1.27. The van der Waals surface area contributed by atoms with Crippen LogP contribution < -0.4 is 10.2 Å². The molecule has 3 rings (SSSR count). The Morgan fingerprint density at radius 3 is 3.00 bits per heavy atom. The fourth-order valence-corrected chi connectivity index (χ4v) is 2.40. The zero-order valence-electron chi connectivity index (χ0n) is 9.19. The quantitative estimate of drug-likeness (QED) is 0.769. The first-order valence-corrected chi connectivity index (χ1v) is 5.80. The molecule has 82 valence electrons. The van der Waals surface area contributed by atoms with Gasteiger partial charge in [0, 0.05) is 38.9 Å². The van der Waals surface area contributed by atoms with Gasteiger partial charge in [0.2, 0.25) is 0 Å². The number of hydrogen-bond donors (Lipinski definition) is 1. The lowest BCUT2D eigenvalue weighted by atomic mass is 10.1. The summed E-state index contributed by atoms with van der Waals surface area (Å²) in [5, 5.41) is 7.85. The molecule has 1 saturated carbocycles. The number of nitrogens with zero attached hydrogens (tertiary/aromatic N) is 3. The van der Waals surface area contributed by atoms with E-state index in [0.717, 1.165) is 25.6 Å². The van der Waals surface area contributed by atoms with E-state index in [2.05, 4.69) is 21.5 Å². The molecule has 0 spiro atoms. The van der Waals surface area contributed by atoms with Gasteiger partial charge in [0.25, 0.3) is 0 Å². The monoisotopic (exact) mass is 206 g/mol. The number of nitrogens with one attached hydrogen (secondary N) is 1. The summed E-state index contributed by atoms with van der Waals surface area (Å²) in [7, 11) is 1.98. The number of rotatable bonds is 2. The van der Waals surface area contributed by atoms with E-state index in [1.807, 2.05) is 17.9 Å². The fraction of sp³-hybridized carbons (Fsp3) is 0.727. The van der Waals surface area contributed by atoms with Crippen molar-refractivity contribution in [1.29, 1.82) is 0 Å². The van der Waals surface area contributed by atoms with E-state index in [-0.39, 0.29) is 0 Å². The summed E-state index contributed by atoms with van der Waals surface area (Å²) < 4.78 is 1.88. The van der Waals surface area contributed by atoms with Crippen LogP contribution in [0.4, 0.5) is 5.69 Å². The maximum Gasteiger partial charge on any atom is 0.0753 e. The van der Waals surface area contributed by atoms with Crippen molar-refractivity contribution >= 4 is 5.69 Å². The molecule has 4 nitrogen and oxygen atoms in total. The Balaban J connectivity index is 1.70. The molecule has 1 aliphatic carbocycles. The Hall–Kier alpha value is -1.03. The van der Waals surface area contributed by atoms with Gasteiger partial charge < -0.3 is 10.2 Å². The molecule has 0 amide bonds. The first-order chi connectivity index (χ1) is 7.33. The molecule has 0 bridgehead atoms. The van der Waals surface area contributed by atoms with Crippen LogP contribution in [0.1, 0.15) is 12.8 Å². The molecule has 1 atom stereocenters. The molecule has 0 aromatic carbocycles. The minimum absolute atomic E-state index is 0.707. The summed E-state index contributed by atoms with van der Waals surface area (Å²) in [6.45, 7) is 3.36. The number of hydrogen-bond acceptors (Lipinski definition) is 3. The van der Waals surface area contributed by atoms with Gasteiger partial charge in [0.05, 0.1) is 11.9 Å². The van der Waals surface area contributed by atoms with Crippen molar-refractivity contribution < 1.29 is 0 Å². The van der Waals surface area contributed by atoms with Crippen LogP contribution in [0.15, 0.2) is 12.4 Å². The van der Waals surface area contributed by atoms with Crippen LogP contribution in [-0.2, 0) is 7.05 Å². The highest BCUT2D eigenvalue weighted by Crippen LogP contribution is 2.34. The van der Waals surface area contributed by atoms with Crippen molar-refractivity contribution in [2.45, 2.75) is 18.9 Å². The standard InChI is InChI=1S/C11H18N4/c1-14-7-10(6-13-14)15-5-4-12-11(8-15)9-2-3-9/h6-7,9,11-12H,2-5,8H2,1H3. The van der Waals surface area contributed by atoms with E-state index in [1.165, 1.54) is 18.5 Å². The number of aromatic nitrogens is 2. The lowest BCUT2D eigenvalue weighted by molar-refractivity contribution is 0.419. The Bertz CT molecular complexity index is 342. The Morgan fingerprint density at radius 2 is 2.33 bits per heavy atom. The van der Waals surface area contributed by atoms with Crippen LogP contribution in [0.2, 0.25) is 0 Å². The molecule has 4 heteroatoms. The molecule has 2 fully saturated rings. The zero-order valence-corrected chi connectivity index (χ0v) is 9.19. The van der Waals surface area contributed by atoms with Crippen molar-refractivity contribution in [3.63, 3.8) is 0 Å². The van der Waals surface area contributed by atoms with Gasteiger partial charge >= 0.3 is 0 Å². The maximum absolute atomic E-state index is 4.23. The molecule has 1 aromatic heterocycles. The summed E-state index contributed by atoms with van der Waals surface area (Å²) in [4.78, 5) is 2.45. The largest absolute Gasteiger partial charge is 0.366 e. The molecule has 2 aliphatic rings. The predicted octanol–water partition coefficient (Wildman–Crippen LogP) is 0.608. The smallest absolute Gasteiger partial charge is 0.0753 e. The highest BCUT2D eigenvalue weighted by Gasteiger charge is 2.34. The average molecular weight is 206 g/mol. The van der Waals surface area contributed by atoms with E-state index in [0.29, 0.717) is 6.04 Å². The lowest BCUT2D eigenvalue weighted by Gasteiger charge is -2.34. The minimum Gasteiger partial charge on any atom is -0.366 e. The van der Waals surface area contributed by atoms with Crippen LogP contribution in [0.3, 0.4) is 0 Å². The van der Waals surface area contributed by atoms with Crippen LogP contribution in [0.25, 0.3) is 0 Å². The maximum atomic E-state index is 4.23.